The summed E-state index contributed by atoms with van der Waals surface area (Å²) in [5.41, 5.74) is 4.81. The topological polar surface area (TPSA) is 29.9 Å². The van der Waals surface area contributed by atoms with E-state index in [-0.39, 0.29) is 0 Å². The number of nitrogens with one attached hydrogen (secondary N) is 1. The molecule has 0 fully saturated rings. The van der Waals surface area contributed by atoms with E-state index < -0.39 is 0 Å². The molecule has 0 atom stereocenters. The number of nitrogens with zero attached hydrogens (tertiary/aromatic N) is 2. The lowest BCUT2D eigenvalue weighted by Crippen LogP contribution is -2.22. The van der Waals surface area contributed by atoms with Crippen molar-refractivity contribution in [1.82, 2.24) is 15.1 Å². The van der Waals surface area contributed by atoms with Crippen molar-refractivity contribution in [3.63, 3.8) is 0 Å². The van der Waals surface area contributed by atoms with Crippen LogP contribution in [0.4, 0.5) is 0 Å². The Labute approximate surface area is 109 Å². The van der Waals surface area contributed by atoms with Crippen LogP contribution in [0.1, 0.15) is 30.7 Å². The SMILES string of the molecule is Cc1cccc(-n2ccc(CNC(C)C)n2)c1C. The van der Waals surface area contributed by atoms with Crippen LogP contribution in [-0.2, 0) is 6.54 Å². The number of benzene rings is 1. The first kappa shape index (κ1) is 12.8. The highest BCUT2D eigenvalue weighted by molar-refractivity contribution is 5.44. The van der Waals surface area contributed by atoms with Gasteiger partial charge in [-0.15, -0.1) is 0 Å². The standard InChI is InChI=1S/C15H21N3/c1-11(2)16-10-14-8-9-18(17-14)15-7-5-6-12(3)13(15)4/h5-9,11,16H,10H2,1-4H3. The van der Waals surface area contributed by atoms with Crippen molar-refractivity contribution < 1.29 is 0 Å². The lowest BCUT2D eigenvalue weighted by Gasteiger charge is -2.08. The summed E-state index contributed by atoms with van der Waals surface area (Å²) in [6, 6.07) is 8.86. The van der Waals surface area contributed by atoms with Crippen LogP contribution in [0, 0.1) is 13.8 Å². The van der Waals surface area contributed by atoms with Crippen LogP contribution in [0.5, 0.6) is 0 Å². The smallest absolute Gasteiger partial charge is 0.0766 e. The highest BCUT2D eigenvalue weighted by Crippen LogP contribution is 2.16. The molecule has 0 amide bonds. The summed E-state index contributed by atoms with van der Waals surface area (Å²) in [6.45, 7) is 9.36. The monoisotopic (exact) mass is 243 g/mol. The van der Waals surface area contributed by atoms with Gasteiger partial charge < -0.3 is 5.32 Å². The molecule has 0 radical (unpaired) electrons. The first-order valence-electron chi connectivity index (χ1n) is 6.42. The Morgan fingerprint density at radius 3 is 2.72 bits per heavy atom. The molecule has 1 aromatic heterocycles. The van der Waals surface area contributed by atoms with E-state index in [1.54, 1.807) is 0 Å². The van der Waals surface area contributed by atoms with E-state index in [1.165, 1.54) is 11.1 Å². The summed E-state index contributed by atoms with van der Waals surface area (Å²) in [5, 5.41) is 7.99. The number of aromatic nitrogens is 2. The Morgan fingerprint density at radius 1 is 1.22 bits per heavy atom. The zero-order valence-corrected chi connectivity index (χ0v) is 11.6. The van der Waals surface area contributed by atoms with Crippen molar-refractivity contribution in [2.45, 2.75) is 40.3 Å². The molecular formula is C15H21N3. The van der Waals surface area contributed by atoms with Crippen molar-refractivity contribution in [2.24, 2.45) is 0 Å². The molecule has 0 bridgehead atoms. The molecular weight excluding hydrogens is 222 g/mol. The molecule has 3 heteroatoms. The maximum atomic E-state index is 4.61. The minimum atomic E-state index is 0.482. The Hall–Kier alpha value is -1.61. The number of rotatable bonds is 4. The van der Waals surface area contributed by atoms with E-state index >= 15 is 0 Å². The first-order chi connectivity index (χ1) is 8.58. The molecule has 0 aliphatic heterocycles. The van der Waals surface area contributed by atoms with Gasteiger partial charge in [0.1, 0.15) is 0 Å². The number of hydrogen-bond acceptors (Lipinski definition) is 2. The highest BCUT2D eigenvalue weighted by Gasteiger charge is 2.05. The van der Waals surface area contributed by atoms with E-state index in [0.717, 1.165) is 17.9 Å². The summed E-state index contributed by atoms with van der Waals surface area (Å²) in [7, 11) is 0. The van der Waals surface area contributed by atoms with E-state index in [0.29, 0.717) is 6.04 Å². The molecule has 18 heavy (non-hydrogen) atoms. The van der Waals surface area contributed by atoms with Gasteiger partial charge in [0, 0.05) is 18.8 Å². The summed E-state index contributed by atoms with van der Waals surface area (Å²) in [6.07, 6.45) is 2.03. The fraction of sp³-hybridized carbons (Fsp3) is 0.400. The summed E-state index contributed by atoms with van der Waals surface area (Å²) in [4.78, 5) is 0. The number of aryl methyl sites for hydroxylation is 1. The van der Waals surface area contributed by atoms with Crippen molar-refractivity contribution in [3.8, 4) is 5.69 Å². The third-order valence-electron chi connectivity index (χ3n) is 3.16. The second kappa shape index (κ2) is 5.36. The summed E-state index contributed by atoms with van der Waals surface area (Å²) < 4.78 is 1.96. The fourth-order valence-corrected chi connectivity index (χ4v) is 1.88. The zero-order valence-electron chi connectivity index (χ0n) is 11.6. The largest absolute Gasteiger partial charge is 0.309 e. The molecule has 1 N–H and O–H groups in total. The molecule has 96 valence electrons. The van der Waals surface area contributed by atoms with Crippen molar-refractivity contribution >= 4 is 0 Å². The molecule has 1 aromatic carbocycles. The first-order valence-corrected chi connectivity index (χ1v) is 6.42. The predicted molar refractivity (Wildman–Crippen MR) is 75.0 cm³/mol. The van der Waals surface area contributed by atoms with Crippen molar-refractivity contribution in [1.29, 1.82) is 0 Å². The molecule has 1 heterocycles. The second-order valence-corrected chi connectivity index (χ2v) is 5.01. The highest BCUT2D eigenvalue weighted by atomic mass is 15.3. The van der Waals surface area contributed by atoms with Gasteiger partial charge in [-0.05, 0) is 37.1 Å². The quantitative estimate of drug-likeness (QED) is 0.894. The van der Waals surface area contributed by atoms with Gasteiger partial charge in [-0.2, -0.15) is 5.10 Å². The summed E-state index contributed by atoms with van der Waals surface area (Å²) in [5.74, 6) is 0. The Bertz CT molecular complexity index is 526. The maximum Gasteiger partial charge on any atom is 0.0766 e. The van der Waals surface area contributed by atoms with Crippen molar-refractivity contribution in [3.05, 3.63) is 47.3 Å². The molecule has 0 aliphatic carbocycles. The van der Waals surface area contributed by atoms with Crippen LogP contribution in [0.2, 0.25) is 0 Å². The summed E-state index contributed by atoms with van der Waals surface area (Å²) >= 11 is 0. The second-order valence-electron chi connectivity index (χ2n) is 5.01. The minimum absolute atomic E-state index is 0.482. The van der Waals surface area contributed by atoms with Gasteiger partial charge in [-0.25, -0.2) is 4.68 Å². The van der Waals surface area contributed by atoms with Crippen molar-refractivity contribution in [2.75, 3.05) is 0 Å². The van der Waals surface area contributed by atoms with Gasteiger partial charge in [-0.1, -0.05) is 26.0 Å². The van der Waals surface area contributed by atoms with Crippen LogP contribution < -0.4 is 5.32 Å². The molecule has 2 rings (SSSR count). The van der Waals surface area contributed by atoms with E-state index in [4.69, 9.17) is 0 Å². The molecule has 0 spiro atoms. The predicted octanol–water partition coefficient (Wildman–Crippen LogP) is 2.99. The molecule has 0 saturated heterocycles. The Kier molecular flexibility index (Phi) is 3.82. The normalized spacial score (nSPS) is 11.2. The molecule has 0 aliphatic rings. The van der Waals surface area contributed by atoms with Crippen LogP contribution in [0.25, 0.3) is 5.69 Å². The van der Waals surface area contributed by atoms with Gasteiger partial charge in [0.2, 0.25) is 0 Å². The lowest BCUT2D eigenvalue weighted by atomic mass is 10.1. The lowest BCUT2D eigenvalue weighted by molar-refractivity contribution is 0.578. The van der Waals surface area contributed by atoms with E-state index in [9.17, 15) is 0 Å². The van der Waals surface area contributed by atoms with Gasteiger partial charge in [0.15, 0.2) is 0 Å². The Balaban J connectivity index is 2.21. The molecule has 0 saturated carbocycles. The van der Waals surface area contributed by atoms with E-state index in [2.05, 4.69) is 62.4 Å². The fourth-order valence-electron chi connectivity index (χ4n) is 1.88. The average molecular weight is 243 g/mol. The van der Waals surface area contributed by atoms with Crippen LogP contribution in [0.15, 0.2) is 30.5 Å². The third-order valence-corrected chi connectivity index (χ3v) is 3.16. The van der Waals surface area contributed by atoms with E-state index in [1.807, 2.05) is 10.9 Å². The van der Waals surface area contributed by atoms with Crippen LogP contribution in [0.3, 0.4) is 0 Å². The molecule has 2 aromatic rings. The zero-order chi connectivity index (χ0) is 13.1. The molecule has 3 nitrogen and oxygen atoms in total. The Morgan fingerprint density at radius 2 is 2.00 bits per heavy atom. The minimum Gasteiger partial charge on any atom is -0.309 e. The third kappa shape index (κ3) is 2.79. The maximum absolute atomic E-state index is 4.61. The van der Waals surface area contributed by atoms with Gasteiger partial charge in [0.05, 0.1) is 11.4 Å². The van der Waals surface area contributed by atoms with Crippen LogP contribution in [-0.4, -0.2) is 15.8 Å². The number of hydrogen-bond donors (Lipinski definition) is 1. The van der Waals surface area contributed by atoms with Gasteiger partial charge >= 0.3 is 0 Å². The molecule has 0 unspecified atom stereocenters. The average Bonchev–Trinajstić information content (AvgIpc) is 2.78. The van der Waals surface area contributed by atoms with Gasteiger partial charge in [-0.3, -0.25) is 0 Å². The van der Waals surface area contributed by atoms with Crippen LogP contribution >= 0.6 is 0 Å². The van der Waals surface area contributed by atoms with Gasteiger partial charge in [0.25, 0.3) is 0 Å².